The second kappa shape index (κ2) is 9.02. The minimum Gasteiger partial charge on any atom is -0.376 e. The summed E-state index contributed by atoms with van der Waals surface area (Å²) >= 11 is 0. The zero-order chi connectivity index (χ0) is 19.2. The first kappa shape index (κ1) is 19.4. The monoisotopic (exact) mass is 366 g/mol. The SMILES string of the molecule is Cc1ccc(NC(N)=NCc2cccc(CN3CCOC(C)C3)c2)cc1C. The van der Waals surface area contributed by atoms with E-state index in [0.29, 0.717) is 18.6 Å². The number of aliphatic imine (C=N–C) groups is 1. The van der Waals surface area contributed by atoms with Gasteiger partial charge in [0, 0.05) is 25.3 Å². The van der Waals surface area contributed by atoms with Crippen LogP contribution in [0.3, 0.4) is 0 Å². The van der Waals surface area contributed by atoms with Crippen molar-refractivity contribution in [1.82, 2.24) is 4.90 Å². The number of nitrogens with two attached hydrogens (primary N) is 1. The molecule has 2 aromatic carbocycles. The molecule has 27 heavy (non-hydrogen) atoms. The third-order valence-electron chi connectivity index (χ3n) is 4.93. The van der Waals surface area contributed by atoms with Crippen molar-refractivity contribution in [2.24, 2.45) is 10.7 Å². The van der Waals surface area contributed by atoms with Crippen LogP contribution in [-0.4, -0.2) is 36.7 Å². The van der Waals surface area contributed by atoms with Crippen molar-refractivity contribution in [2.75, 3.05) is 25.0 Å². The van der Waals surface area contributed by atoms with Crippen molar-refractivity contribution in [3.63, 3.8) is 0 Å². The Morgan fingerprint density at radius 1 is 1.19 bits per heavy atom. The maximum Gasteiger partial charge on any atom is 0.193 e. The number of benzene rings is 2. The largest absolute Gasteiger partial charge is 0.376 e. The Balaban J connectivity index is 1.58. The lowest BCUT2D eigenvalue weighted by Gasteiger charge is -2.31. The van der Waals surface area contributed by atoms with Crippen molar-refractivity contribution in [3.05, 3.63) is 64.7 Å². The van der Waals surface area contributed by atoms with E-state index < -0.39 is 0 Å². The van der Waals surface area contributed by atoms with E-state index in [2.05, 4.69) is 72.4 Å². The number of hydrogen-bond donors (Lipinski definition) is 2. The fourth-order valence-corrected chi connectivity index (χ4v) is 3.30. The van der Waals surface area contributed by atoms with E-state index in [0.717, 1.165) is 31.9 Å². The van der Waals surface area contributed by atoms with Crippen molar-refractivity contribution < 1.29 is 4.74 Å². The molecule has 1 aliphatic heterocycles. The van der Waals surface area contributed by atoms with Gasteiger partial charge in [0.15, 0.2) is 5.96 Å². The molecule has 0 aliphatic carbocycles. The van der Waals surface area contributed by atoms with Gasteiger partial charge in [-0.1, -0.05) is 30.3 Å². The summed E-state index contributed by atoms with van der Waals surface area (Å²) in [4.78, 5) is 6.93. The normalized spacial score (nSPS) is 18.5. The number of ether oxygens (including phenoxy) is 1. The van der Waals surface area contributed by atoms with Crippen molar-refractivity contribution in [3.8, 4) is 0 Å². The highest BCUT2D eigenvalue weighted by Gasteiger charge is 2.16. The average Bonchev–Trinajstić information content (AvgIpc) is 2.63. The molecule has 0 spiro atoms. The molecule has 3 N–H and O–H groups in total. The molecule has 5 nitrogen and oxygen atoms in total. The minimum atomic E-state index is 0.308. The highest BCUT2D eigenvalue weighted by Crippen LogP contribution is 2.15. The summed E-state index contributed by atoms with van der Waals surface area (Å²) in [6, 6.07) is 14.8. The van der Waals surface area contributed by atoms with Crippen LogP contribution in [0, 0.1) is 13.8 Å². The Bertz CT molecular complexity index is 803. The van der Waals surface area contributed by atoms with E-state index in [1.165, 1.54) is 22.3 Å². The fraction of sp³-hybridized carbons (Fsp3) is 0.409. The van der Waals surface area contributed by atoms with E-state index in [1.54, 1.807) is 0 Å². The number of morpholine rings is 1. The van der Waals surface area contributed by atoms with Crippen LogP contribution in [0.1, 0.15) is 29.2 Å². The van der Waals surface area contributed by atoms with Gasteiger partial charge in [-0.3, -0.25) is 4.90 Å². The van der Waals surface area contributed by atoms with Crippen LogP contribution in [0.2, 0.25) is 0 Å². The maximum absolute atomic E-state index is 6.06. The van der Waals surface area contributed by atoms with Crippen LogP contribution >= 0.6 is 0 Å². The predicted molar refractivity (Wildman–Crippen MR) is 112 cm³/mol. The Morgan fingerprint density at radius 3 is 2.78 bits per heavy atom. The number of anilines is 1. The number of hydrogen-bond acceptors (Lipinski definition) is 3. The number of aryl methyl sites for hydroxylation is 2. The predicted octanol–water partition coefficient (Wildman–Crippen LogP) is 3.45. The average molecular weight is 367 g/mol. The molecule has 0 bridgehead atoms. The van der Waals surface area contributed by atoms with Gasteiger partial charge < -0.3 is 15.8 Å². The highest BCUT2D eigenvalue weighted by atomic mass is 16.5. The number of guanidine groups is 1. The van der Waals surface area contributed by atoms with E-state index in [1.807, 2.05) is 6.07 Å². The lowest BCUT2D eigenvalue weighted by atomic mass is 10.1. The summed E-state index contributed by atoms with van der Waals surface area (Å²) in [6.07, 6.45) is 0.308. The molecule has 1 heterocycles. The van der Waals surface area contributed by atoms with Crippen LogP contribution in [0.5, 0.6) is 0 Å². The first-order valence-electron chi connectivity index (χ1n) is 9.55. The third kappa shape index (κ3) is 5.81. The van der Waals surface area contributed by atoms with Crippen molar-refractivity contribution in [2.45, 2.75) is 40.0 Å². The topological polar surface area (TPSA) is 62.9 Å². The highest BCUT2D eigenvalue weighted by molar-refractivity contribution is 5.92. The van der Waals surface area contributed by atoms with Gasteiger partial charge in [0.1, 0.15) is 0 Å². The van der Waals surface area contributed by atoms with Gasteiger partial charge in [-0.2, -0.15) is 0 Å². The smallest absolute Gasteiger partial charge is 0.193 e. The van der Waals surface area contributed by atoms with Crippen LogP contribution < -0.4 is 11.1 Å². The summed E-state index contributed by atoms with van der Waals surface area (Å²) < 4.78 is 5.62. The van der Waals surface area contributed by atoms with Crippen LogP contribution in [0.4, 0.5) is 5.69 Å². The van der Waals surface area contributed by atoms with Gasteiger partial charge in [-0.15, -0.1) is 0 Å². The quantitative estimate of drug-likeness (QED) is 0.628. The number of nitrogens with one attached hydrogen (secondary N) is 1. The molecular formula is C22H30N4O. The van der Waals surface area contributed by atoms with Gasteiger partial charge >= 0.3 is 0 Å². The number of rotatable bonds is 5. The molecule has 1 atom stereocenters. The summed E-state index contributed by atoms with van der Waals surface area (Å²) in [5.74, 6) is 0.436. The van der Waals surface area contributed by atoms with E-state index >= 15 is 0 Å². The van der Waals surface area contributed by atoms with Gasteiger partial charge in [0.2, 0.25) is 0 Å². The van der Waals surface area contributed by atoms with Crippen molar-refractivity contribution >= 4 is 11.6 Å². The van der Waals surface area contributed by atoms with Gasteiger partial charge in [0.05, 0.1) is 19.3 Å². The zero-order valence-electron chi connectivity index (χ0n) is 16.5. The molecule has 0 aromatic heterocycles. The van der Waals surface area contributed by atoms with Crippen LogP contribution in [0.25, 0.3) is 0 Å². The summed E-state index contributed by atoms with van der Waals surface area (Å²) in [7, 11) is 0. The van der Waals surface area contributed by atoms with E-state index in [9.17, 15) is 0 Å². The Labute approximate surface area is 162 Å². The fourth-order valence-electron chi connectivity index (χ4n) is 3.30. The molecule has 1 saturated heterocycles. The molecule has 0 amide bonds. The molecule has 5 heteroatoms. The lowest BCUT2D eigenvalue weighted by molar-refractivity contribution is -0.0212. The third-order valence-corrected chi connectivity index (χ3v) is 4.93. The Hall–Kier alpha value is -2.37. The molecule has 0 radical (unpaired) electrons. The summed E-state index contributed by atoms with van der Waals surface area (Å²) in [5.41, 5.74) is 12.0. The summed E-state index contributed by atoms with van der Waals surface area (Å²) in [5, 5.41) is 3.17. The molecule has 1 fully saturated rings. The van der Waals surface area contributed by atoms with Gasteiger partial charge in [-0.25, -0.2) is 4.99 Å². The lowest BCUT2D eigenvalue weighted by Crippen LogP contribution is -2.40. The van der Waals surface area contributed by atoms with Gasteiger partial charge in [0.25, 0.3) is 0 Å². The first-order chi connectivity index (χ1) is 13.0. The number of nitrogens with zero attached hydrogens (tertiary/aromatic N) is 2. The molecule has 0 saturated carbocycles. The van der Waals surface area contributed by atoms with E-state index in [4.69, 9.17) is 10.5 Å². The standard InChI is InChI=1S/C22H30N4O/c1-16-7-8-21(11-17(16)2)25-22(23)24-13-19-5-4-6-20(12-19)15-26-9-10-27-18(3)14-26/h4-8,11-12,18H,9-10,13-15H2,1-3H3,(H3,23,24,25). The Kier molecular flexibility index (Phi) is 6.48. The molecular weight excluding hydrogens is 336 g/mol. The molecule has 1 unspecified atom stereocenters. The van der Waals surface area contributed by atoms with Crippen molar-refractivity contribution in [1.29, 1.82) is 0 Å². The molecule has 144 valence electrons. The first-order valence-corrected chi connectivity index (χ1v) is 9.55. The molecule has 3 rings (SSSR count). The second-order valence-corrected chi connectivity index (χ2v) is 7.36. The molecule has 2 aromatic rings. The summed E-state index contributed by atoms with van der Waals surface area (Å²) in [6.45, 7) is 10.6. The second-order valence-electron chi connectivity index (χ2n) is 7.36. The Morgan fingerprint density at radius 2 is 2.00 bits per heavy atom. The van der Waals surface area contributed by atoms with E-state index in [-0.39, 0.29) is 0 Å². The van der Waals surface area contributed by atoms with Crippen LogP contribution in [0.15, 0.2) is 47.5 Å². The zero-order valence-corrected chi connectivity index (χ0v) is 16.5. The van der Waals surface area contributed by atoms with Gasteiger partial charge in [-0.05, 0) is 55.2 Å². The maximum atomic E-state index is 6.06. The minimum absolute atomic E-state index is 0.308. The van der Waals surface area contributed by atoms with Crippen LogP contribution in [-0.2, 0) is 17.8 Å². The molecule has 1 aliphatic rings.